The third kappa shape index (κ3) is 3.79. The van der Waals surface area contributed by atoms with Crippen LogP contribution in [0.1, 0.15) is 11.1 Å². The summed E-state index contributed by atoms with van der Waals surface area (Å²) in [4.78, 5) is 11.3. The average molecular weight is 431 g/mol. The quantitative estimate of drug-likeness (QED) is 0.447. The summed E-state index contributed by atoms with van der Waals surface area (Å²) in [6.07, 6.45) is 1.88. The first-order valence-electron chi connectivity index (χ1n) is 9.57. The molecule has 0 fully saturated rings. The van der Waals surface area contributed by atoms with Crippen LogP contribution < -0.4 is 15.8 Å². The number of nitrogens with zero attached hydrogens (tertiary/aromatic N) is 2. The number of rotatable bonds is 6. The molecule has 2 aromatic carbocycles. The number of benzene rings is 2. The normalized spacial score (nSPS) is 10.6. The van der Waals surface area contributed by atoms with Crippen LogP contribution in [0, 0.1) is 18.3 Å². The van der Waals surface area contributed by atoms with Crippen LogP contribution in [0.25, 0.3) is 16.6 Å². The predicted octanol–water partition coefficient (Wildman–Crippen LogP) is 5.05. The van der Waals surface area contributed by atoms with Gasteiger partial charge in [0.05, 0.1) is 21.8 Å². The van der Waals surface area contributed by atoms with Crippen LogP contribution in [-0.2, 0) is 4.79 Å². The third-order valence-corrected chi connectivity index (χ3v) is 5.26. The molecule has 6 nitrogen and oxygen atoms in total. The lowest BCUT2D eigenvalue weighted by Crippen LogP contribution is -2.20. The number of carbonyl (C=O) groups excluding carboxylic acids is 1. The number of hydrogen-bond donors (Lipinski definition) is 2. The number of fused-ring (bicyclic) bond motifs is 1. The minimum absolute atomic E-state index is 0.265. The van der Waals surface area contributed by atoms with E-state index in [0.29, 0.717) is 33.3 Å². The van der Waals surface area contributed by atoms with Crippen LogP contribution >= 0.6 is 11.6 Å². The lowest BCUT2D eigenvalue weighted by Gasteiger charge is -2.16. The summed E-state index contributed by atoms with van der Waals surface area (Å²) in [7, 11) is 0. The fourth-order valence-electron chi connectivity index (χ4n) is 3.56. The number of aryl methyl sites for hydroxylation is 1. The number of para-hydroxylation sites is 2. The number of pyridine rings is 1. The second-order valence-electron chi connectivity index (χ2n) is 6.97. The summed E-state index contributed by atoms with van der Waals surface area (Å²) in [5.74, 6) is 0.536. The number of hydrogen-bond acceptors (Lipinski definition) is 4. The Balaban J connectivity index is 1.99. The van der Waals surface area contributed by atoms with E-state index in [0.717, 1.165) is 16.8 Å². The van der Waals surface area contributed by atoms with Crippen molar-refractivity contribution in [3.8, 4) is 22.9 Å². The van der Waals surface area contributed by atoms with E-state index in [1.54, 1.807) is 12.1 Å². The molecule has 0 spiro atoms. The van der Waals surface area contributed by atoms with Gasteiger partial charge in [-0.25, -0.2) is 0 Å². The highest BCUT2D eigenvalue weighted by atomic mass is 35.5. The van der Waals surface area contributed by atoms with Gasteiger partial charge in [-0.05, 0) is 36.8 Å². The fraction of sp³-hybridized carbons (Fsp3) is 0.0833. The van der Waals surface area contributed by atoms with Gasteiger partial charge in [-0.1, -0.05) is 48.0 Å². The van der Waals surface area contributed by atoms with Crippen LogP contribution in [-0.4, -0.2) is 16.9 Å². The molecule has 31 heavy (non-hydrogen) atoms. The molecule has 0 atom stereocenters. The SMILES string of the molecule is Cc1cccc(Cl)c1Nc1c(-c2ccccc2OCC(N)=O)c(C#N)c2ccccn12. The number of amides is 1. The molecule has 4 rings (SSSR count). The minimum Gasteiger partial charge on any atom is -0.483 e. The molecule has 2 aromatic heterocycles. The molecule has 3 N–H and O–H groups in total. The van der Waals surface area contributed by atoms with Crippen molar-refractivity contribution in [2.24, 2.45) is 5.73 Å². The Labute approximate surface area is 184 Å². The van der Waals surface area contributed by atoms with Crippen molar-refractivity contribution >= 4 is 34.5 Å². The maximum Gasteiger partial charge on any atom is 0.255 e. The molecule has 0 unspecified atom stereocenters. The van der Waals surface area contributed by atoms with Crippen molar-refractivity contribution in [1.29, 1.82) is 5.26 Å². The monoisotopic (exact) mass is 430 g/mol. The third-order valence-electron chi connectivity index (χ3n) is 4.95. The largest absolute Gasteiger partial charge is 0.483 e. The standard InChI is InChI=1S/C24H19ClN4O2/c1-15-7-6-9-18(25)23(15)28-24-22(17(13-26)19-10-4-5-12-29(19)24)16-8-2-3-11-20(16)31-14-21(27)30/h2-12,28H,14H2,1H3,(H2,27,30). The molecule has 0 aliphatic heterocycles. The number of nitrogens with two attached hydrogens (primary N) is 1. The van der Waals surface area contributed by atoms with Crippen molar-refractivity contribution in [1.82, 2.24) is 4.40 Å². The zero-order valence-corrected chi connectivity index (χ0v) is 17.5. The van der Waals surface area contributed by atoms with E-state index in [1.165, 1.54) is 0 Å². The van der Waals surface area contributed by atoms with Gasteiger partial charge in [0.1, 0.15) is 17.6 Å². The molecule has 7 heteroatoms. The summed E-state index contributed by atoms with van der Waals surface area (Å²) in [5, 5.41) is 14.0. The highest BCUT2D eigenvalue weighted by Gasteiger charge is 2.23. The highest BCUT2D eigenvalue weighted by Crippen LogP contribution is 2.43. The summed E-state index contributed by atoms with van der Waals surface area (Å²) in [5.41, 5.74) is 9.49. The number of ether oxygens (including phenoxy) is 1. The summed E-state index contributed by atoms with van der Waals surface area (Å²) < 4.78 is 7.56. The Bertz CT molecular complexity index is 1320. The Kier molecular flexibility index (Phi) is 5.52. The Hall–Kier alpha value is -3.95. The second-order valence-corrected chi connectivity index (χ2v) is 7.38. The lowest BCUT2D eigenvalue weighted by atomic mass is 10.0. The Morgan fingerprint density at radius 3 is 2.68 bits per heavy atom. The number of nitriles is 1. The summed E-state index contributed by atoms with van der Waals surface area (Å²) in [6, 6.07) is 20.8. The molecular formula is C24H19ClN4O2. The van der Waals surface area contributed by atoms with Crippen LogP contribution in [0.3, 0.4) is 0 Å². The summed E-state index contributed by atoms with van der Waals surface area (Å²) >= 11 is 6.47. The van der Waals surface area contributed by atoms with E-state index in [9.17, 15) is 10.1 Å². The molecule has 0 saturated heterocycles. The zero-order valence-electron chi connectivity index (χ0n) is 16.7. The molecule has 0 saturated carbocycles. The number of aromatic nitrogens is 1. The van der Waals surface area contributed by atoms with Crippen LogP contribution in [0.2, 0.25) is 5.02 Å². The van der Waals surface area contributed by atoms with Gasteiger partial charge < -0.3 is 20.2 Å². The van der Waals surface area contributed by atoms with Gasteiger partial charge in [-0.2, -0.15) is 5.26 Å². The predicted molar refractivity (Wildman–Crippen MR) is 122 cm³/mol. The Morgan fingerprint density at radius 1 is 1.16 bits per heavy atom. The van der Waals surface area contributed by atoms with Crippen LogP contribution in [0.5, 0.6) is 5.75 Å². The minimum atomic E-state index is -0.581. The molecular weight excluding hydrogens is 412 g/mol. The van der Waals surface area contributed by atoms with Gasteiger partial charge >= 0.3 is 0 Å². The van der Waals surface area contributed by atoms with Gasteiger partial charge in [0.25, 0.3) is 5.91 Å². The van der Waals surface area contributed by atoms with E-state index < -0.39 is 5.91 Å². The second kappa shape index (κ2) is 8.42. The molecule has 2 heterocycles. The molecule has 0 bridgehead atoms. The Morgan fingerprint density at radius 2 is 1.94 bits per heavy atom. The van der Waals surface area contributed by atoms with E-state index in [1.807, 2.05) is 66.1 Å². The number of halogens is 1. The number of anilines is 2. The van der Waals surface area contributed by atoms with E-state index >= 15 is 0 Å². The molecule has 0 radical (unpaired) electrons. The van der Waals surface area contributed by atoms with Gasteiger partial charge in [0.15, 0.2) is 6.61 Å². The van der Waals surface area contributed by atoms with Gasteiger partial charge in [0.2, 0.25) is 0 Å². The van der Waals surface area contributed by atoms with E-state index in [4.69, 9.17) is 22.1 Å². The van der Waals surface area contributed by atoms with Crippen molar-refractivity contribution < 1.29 is 9.53 Å². The number of primary amides is 1. The topological polar surface area (TPSA) is 92.5 Å². The van der Waals surface area contributed by atoms with Crippen molar-refractivity contribution in [3.63, 3.8) is 0 Å². The smallest absolute Gasteiger partial charge is 0.255 e. The summed E-state index contributed by atoms with van der Waals surface area (Å²) in [6.45, 7) is 1.69. The zero-order chi connectivity index (χ0) is 22.0. The highest BCUT2D eigenvalue weighted by molar-refractivity contribution is 6.33. The number of carbonyl (C=O) groups is 1. The van der Waals surface area contributed by atoms with Crippen LogP contribution in [0.15, 0.2) is 66.9 Å². The molecule has 154 valence electrons. The maximum atomic E-state index is 11.3. The average Bonchev–Trinajstić information content (AvgIpc) is 3.08. The first kappa shape index (κ1) is 20.3. The van der Waals surface area contributed by atoms with E-state index in [-0.39, 0.29) is 6.61 Å². The molecule has 0 aliphatic rings. The van der Waals surface area contributed by atoms with Gasteiger partial charge in [0, 0.05) is 17.3 Å². The van der Waals surface area contributed by atoms with Gasteiger partial charge in [-0.15, -0.1) is 0 Å². The maximum absolute atomic E-state index is 11.3. The van der Waals surface area contributed by atoms with Crippen molar-refractivity contribution in [2.75, 3.05) is 11.9 Å². The first-order valence-corrected chi connectivity index (χ1v) is 9.95. The molecule has 1 amide bonds. The number of nitrogens with one attached hydrogen (secondary N) is 1. The van der Waals surface area contributed by atoms with E-state index in [2.05, 4.69) is 11.4 Å². The lowest BCUT2D eigenvalue weighted by molar-refractivity contribution is -0.119. The van der Waals surface area contributed by atoms with Crippen LogP contribution in [0.4, 0.5) is 11.5 Å². The van der Waals surface area contributed by atoms with Crippen molar-refractivity contribution in [2.45, 2.75) is 6.92 Å². The fourth-order valence-corrected chi connectivity index (χ4v) is 3.83. The van der Waals surface area contributed by atoms with Crippen molar-refractivity contribution in [3.05, 3.63) is 83.0 Å². The molecule has 4 aromatic rings. The first-order chi connectivity index (χ1) is 15.0. The molecule has 0 aliphatic carbocycles. The van der Waals surface area contributed by atoms with Gasteiger partial charge in [-0.3, -0.25) is 4.79 Å².